The number of aryl methyl sites for hydroxylation is 1. The van der Waals surface area contributed by atoms with Crippen LogP contribution in [0, 0.1) is 6.92 Å². The van der Waals surface area contributed by atoms with E-state index in [4.69, 9.17) is 34.8 Å². The number of benzene rings is 1. The zero-order chi connectivity index (χ0) is 15.1. The lowest BCUT2D eigenvalue weighted by atomic mass is 10.2. The van der Waals surface area contributed by atoms with Crippen LogP contribution in [0.2, 0.25) is 10.0 Å². The van der Waals surface area contributed by atoms with Crippen LogP contribution in [-0.2, 0) is 5.88 Å². The van der Waals surface area contributed by atoms with E-state index in [0.29, 0.717) is 15.9 Å². The van der Waals surface area contributed by atoms with Gasteiger partial charge in [-0.3, -0.25) is 0 Å². The van der Waals surface area contributed by atoms with E-state index < -0.39 is 0 Å². The fourth-order valence-electron chi connectivity index (χ4n) is 2.34. The molecule has 2 aromatic heterocycles. The second-order valence-electron chi connectivity index (χ2n) is 4.79. The summed E-state index contributed by atoms with van der Waals surface area (Å²) in [5.41, 5.74) is 2.72. The molecular weight excluding hydrogens is 349 g/mol. The van der Waals surface area contributed by atoms with E-state index >= 15 is 0 Å². The number of aromatic nitrogens is 3. The van der Waals surface area contributed by atoms with Crippen molar-refractivity contribution in [3.63, 3.8) is 0 Å². The van der Waals surface area contributed by atoms with Gasteiger partial charge in [0.05, 0.1) is 33.0 Å². The first kappa shape index (κ1) is 15.1. The molecule has 0 spiro atoms. The number of hydrogen-bond acceptors (Lipinski definition) is 3. The standard InChI is InChI=1S/C14H12Cl3N3S/c1-7-6-21-14(18-7)8(2)20-12-4-10(17)9(16)3-11(12)19-13(20)5-15/h3-4,6,8H,5H2,1-2H3. The Morgan fingerprint density at radius 3 is 2.57 bits per heavy atom. The highest BCUT2D eigenvalue weighted by molar-refractivity contribution is 7.09. The fraction of sp³-hybridized carbons (Fsp3) is 0.286. The van der Waals surface area contributed by atoms with Crippen LogP contribution >= 0.6 is 46.1 Å². The summed E-state index contributed by atoms with van der Waals surface area (Å²) < 4.78 is 2.07. The molecule has 0 aliphatic rings. The minimum atomic E-state index is 0.0414. The summed E-state index contributed by atoms with van der Waals surface area (Å²) in [6.07, 6.45) is 0. The summed E-state index contributed by atoms with van der Waals surface area (Å²) in [7, 11) is 0. The molecule has 3 aromatic rings. The van der Waals surface area contributed by atoms with E-state index in [1.807, 2.05) is 18.4 Å². The van der Waals surface area contributed by atoms with E-state index in [1.165, 1.54) is 0 Å². The Balaban J connectivity index is 2.22. The maximum atomic E-state index is 6.15. The minimum Gasteiger partial charge on any atom is -0.317 e. The number of alkyl halides is 1. The number of rotatable bonds is 3. The van der Waals surface area contributed by atoms with Crippen molar-refractivity contribution in [3.05, 3.63) is 44.1 Å². The molecule has 1 aromatic carbocycles. The van der Waals surface area contributed by atoms with Crippen molar-refractivity contribution >= 4 is 57.2 Å². The number of imidazole rings is 1. The van der Waals surface area contributed by atoms with E-state index in [9.17, 15) is 0 Å². The largest absolute Gasteiger partial charge is 0.317 e. The number of fused-ring (bicyclic) bond motifs is 1. The first-order chi connectivity index (χ1) is 10.0. The predicted molar refractivity (Wildman–Crippen MR) is 90.0 cm³/mol. The average Bonchev–Trinajstić information content (AvgIpc) is 3.02. The molecule has 1 atom stereocenters. The molecule has 0 saturated heterocycles. The highest BCUT2D eigenvalue weighted by Gasteiger charge is 2.20. The van der Waals surface area contributed by atoms with Crippen LogP contribution in [0.1, 0.15) is 29.5 Å². The average molecular weight is 361 g/mol. The topological polar surface area (TPSA) is 30.7 Å². The summed E-state index contributed by atoms with van der Waals surface area (Å²) in [5, 5.41) is 4.06. The van der Waals surface area contributed by atoms with Crippen molar-refractivity contribution < 1.29 is 0 Å². The third kappa shape index (κ3) is 2.66. The first-order valence-electron chi connectivity index (χ1n) is 6.35. The Kier molecular flexibility index (Phi) is 4.14. The second-order valence-corrected chi connectivity index (χ2v) is 6.76. The molecule has 0 bridgehead atoms. The minimum absolute atomic E-state index is 0.0414. The molecule has 0 N–H and O–H groups in total. The Morgan fingerprint density at radius 2 is 1.95 bits per heavy atom. The summed E-state index contributed by atoms with van der Waals surface area (Å²) in [6, 6.07) is 3.64. The SMILES string of the molecule is Cc1csc(C(C)n2c(CCl)nc3cc(Cl)c(Cl)cc32)n1. The van der Waals surface area contributed by atoms with Crippen LogP contribution in [-0.4, -0.2) is 14.5 Å². The van der Waals surface area contributed by atoms with Crippen LogP contribution in [0.25, 0.3) is 11.0 Å². The molecule has 7 heteroatoms. The fourth-order valence-corrected chi connectivity index (χ4v) is 3.69. The number of hydrogen-bond donors (Lipinski definition) is 0. The van der Waals surface area contributed by atoms with Crippen LogP contribution < -0.4 is 0 Å². The molecule has 0 aliphatic heterocycles. The third-order valence-corrected chi connectivity index (χ3v) is 5.40. The Bertz CT molecular complexity index is 809. The van der Waals surface area contributed by atoms with Gasteiger partial charge < -0.3 is 4.57 Å². The quantitative estimate of drug-likeness (QED) is 0.581. The van der Waals surface area contributed by atoms with Gasteiger partial charge in [0.25, 0.3) is 0 Å². The maximum absolute atomic E-state index is 6.15. The highest BCUT2D eigenvalue weighted by atomic mass is 35.5. The molecule has 3 rings (SSSR count). The second kappa shape index (κ2) is 5.76. The van der Waals surface area contributed by atoms with E-state index in [1.54, 1.807) is 17.4 Å². The molecule has 3 nitrogen and oxygen atoms in total. The Morgan fingerprint density at radius 1 is 1.24 bits per heavy atom. The summed E-state index contributed by atoms with van der Waals surface area (Å²) >= 11 is 19.9. The van der Waals surface area contributed by atoms with Gasteiger partial charge in [0.2, 0.25) is 0 Å². The molecule has 1 unspecified atom stereocenters. The zero-order valence-electron chi connectivity index (χ0n) is 11.4. The van der Waals surface area contributed by atoms with Gasteiger partial charge >= 0.3 is 0 Å². The van der Waals surface area contributed by atoms with E-state index in [-0.39, 0.29) is 6.04 Å². The van der Waals surface area contributed by atoms with Gasteiger partial charge in [-0.05, 0) is 26.0 Å². The van der Waals surface area contributed by atoms with Crippen molar-refractivity contribution in [2.45, 2.75) is 25.8 Å². The van der Waals surface area contributed by atoms with Gasteiger partial charge in [-0.15, -0.1) is 22.9 Å². The lowest BCUT2D eigenvalue weighted by molar-refractivity contribution is 0.628. The number of thiazole rings is 1. The molecular formula is C14H12Cl3N3S. The zero-order valence-corrected chi connectivity index (χ0v) is 14.5. The molecule has 110 valence electrons. The smallest absolute Gasteiger partial charge is 0.125 e. The lowest BCUT2D eigenvalue weighted by Gasteiger charge is -2.14. The van der Waals surface area contributed by atoms with Crippen LogP contribution in [0.15, 0.2) is 17.5 Å². The number of nitrogens with zero attached hydrogens (tertiary/aromatic N) is 3. The Labute approximate surface area is 141 Å². The summed E-state index contributed by atoms with van der Waals surface area (Å²) in [6.45, 7) is 4.07. The molecule has 2 heterocycles. The summed E-state index contributed by atoms with van der Waals surface area (Å²) in [5.74, 6) is 1.10. The van der Waals surface area contributed by atoms with Crippen LogP contribution in [0.4, 0.5) is 0 Å². The van der Waals surface area contributed by atoms with E-state index in [0.717, 1.165) is 27.6 Å². The summed E-state index contributed by atoms with van der Waals surface area (Å²) in [4.78, 5) is 9.11. The van der Waals surface area contributed by atoms with E-state index in [2.05, 4.69) is 21.5 Å². The molecule has 0 radical (unpaired) electrons. The van der Waals surface area contributed by atoms with Gasteiger partial charge in [0.1, 0.15) is 10.8 Å². The van der Waals surface area contributed by atoms with Crippen molar-refractivity contribution in [1.29, 1.82) is 0 Å². The molecule has 0 amide bonds. The van der Waals surface area contributed by atoms with Gasteiger partial charge in [-0.2, -0.15) is 0 Å². The maximum Gasteiger partial charge on any atom is 0.125 e. The first-order valence-corrected chi connectivity index (χ1v) is 8.52. The van der Waals surface area contributed by atoms with Gasteiger partial charge in [-0.1, -0.05) is 23.2 Å². The molecule has 0 saturated carbocycles. The van der Waals surface area contributed by atoms with Gasteiger partial charge in [0.15, 0.2) is 0 Å². The van der Waals surface area contributed by atoms with Crippen molar-refractivity contribution in [1.82, 2.24) is 14.5 Å². The molecule has 0 aliphatic carbocycles. The lowest BCUT2D eigenvalue weighted by Crippen LogP contribution is -2.09. The van der Waals surface area contributed by atoms with Crippen molar-refractivity contribution in [2.24, 2.45) is 0 Å². The number of halogens is 3. The third-order valence-electron chi connectivity index (χ3n) is 3.31. The van der Waals surface area contributed by atoms with Crippen molar-refractivity contribution in [2.75, 3.05) is 0 Å². The van der Waals surface area contributed by atoms with Gasteiger partial charge in [-0.25, -0.2) is 9.97 Å². The molecule has 21 heavy (non-hydrogen) atoms. The monoisotopic (exact) mass is 359 g/mol. The Hall–Kier alpha value is -0.810. The normalized spacial score (nSPS) is 13.0. The van der Waals surface area contributed by atoms with Crippen LogP contribution in [0.5, 0.6) is 0 Å². The van der Waals surface area contributed by atoms with Crippen molar-refractivity contribution in [3.8, 4) is 0 Å². The molecule has 0 fully saturated rings. The van der Waals surface area contributed by atoms with Crippen LogP contribution in [0.3, 0.4) is 0 Å². The van der Waals surface area contributed by atoms with Gasteiger partial charge in [0, 0.05) is 11.1 Å². The predicted octanol–water partition coefficient (Wildman–Crippen LogP) is 5.46. The highest BCUT2D eigenvalue weighted by Crippen LogP contribution is 2.33.